The molecule has 1 amide bonds. The van der Waals surface area contributed by atoms with Crippen LogP contribution in [0.25, 0.3) is 0 Å². The quantitative estimate of drug-likeness (QED) is 0.670. The van der Waals surface area contributed by atoms with Crippen LogP contribution in [0.4, 0.5) is 0 Å². The summed E-state index contributed by atoms with van der Waals surface area (Å²) in [5.41, 5.74) is 9.96. The second-order valence-electron chi connectivity index (χ2n) is 5.11. The molecule has 0 bridgehead atoms. The molecule has 94 valence electrons. The third kappa shape index (κ3) is 4.49. The van der Waals surface area contributed by atoms with E-state index in [4.69, 9.17) is 16.2 Å². The molecule has 1 saturated carbocycles. The molecule has 4 N–H and O–H groups in total. The zero-order chi connectivity index (χ0) is 12.0. The van der Waals surface area contributed by atoms with Crippen LogP contribution in [0.1, 0.15) is 45.4 Å². The number of nitrogens with two attached hydrogens (primary N) is 2. The Hall–Kier alpha value is -0.610. The third-order valence-corrected chi connectivity index (χ3v) is 3.41. The zero-order valence-electron chi connectivity index (χ0n) is 10.2. The molecule has 4 nitrogen and oxygen atoms in total. The number of hydrogen-bond donors (Lipinski definition) is 2. The van der Waals surface area contributed by atoms with Crippen LogP contribution in [0.15, 0.2) is 0 Å². The Kier molecular flexibility index (Phi) is 5.22. The van der Waals surface area contributed by atoms with Crippen molar-refractivity contribution in [2.75, 3.05) is 13.2 Å². The van der Waals surface area contributed by atoms with E-state index < -0.39 is 11.4 Å². The van der Waals surface area contributed by atoms with Crippen molar-refractivity contribution in [1.82, 2.24) is 0 Å². The van der Waals surface area contributed by atoms with Gasteiger partial charge >= 0.3 is 0 Å². The minimum atomic E-state index is -0.938. The first kappa shape index (κ1) is 13.5. The number of rotatable bonds is 6. The monoisotopic (exact) mass is 228 g/mol. The molecule has 1 unspecified atom stereocenters. The molecule has 0 aromatic rings. The van der Waals surface area contributed by atoms with E-state index in [-0.39, 0.29) is 0 Å². The molecule has 1 fully saturated rings. The largest absolute Gasteiger partial charge is 0.381 e. The van der Waals surface area contributed by atoms with Crippen LogP contribution in [0.2, 0.25) is 0 Å². The highest BCUT2D eigenvalue weighted by atomic mass is 16.5. The van der Waals surface area contributed by atoms with Gasteiger partial charge in [0.05, 0.1) is 5.54 Å². The lowest BCUT2D eigenvalue weighted by molar-refractivity contribution is -0.123. The molecule has 0 saturated heterocycles. The van der Waals surface area contributed by atoms with Gasteiger partial charge in [-0.25, -0.2) is 0 Å². The highest BCUT2D eigenvalue weighted by molar-refractivity contribution is 5.83. The minimum absolute atomic E-state index is 0.464. The van der Waals surface area contributed by atoms with E-state index in [0.717, 1.165) is 6.61 Å². The SMILES string of the molecule is CC(N)(CCOCC1CCCCC1)C(N)=O. The van der Waals surface area contributed by atoms with Gasteiger partial charge in [-0.05, 0) is 32.1 Å². The van der Waals surface area contributed by atoms with Crippen molar-refractivity contribution >= 4 is 5.91 Å². The van der Waals surface area contributed by atoms with Gasteiger partial charge in [-0.2, -0.15) is 0 Å². The van der Waals surface area contributed by atoms with E-state index in [0.29, 0.717) is 18.9 Å². The summed E-state index contributed by atoms with van der Waals surface area (Å²) >= 11 is 0. The van der Waals surface area contributed by atoms with Crippen LogP contribution in [0.5, 0.6) is 0 Å². The van der Waals surface area contributed by atoms with Crippen molar-refractivity contribution in [1.29, 1.82) is 0 Å². The number of amides is 1. The van der Waals surface area contributed by atoms with Gasteiger partial charge in [0.15, 0.2) is 0 Å². The summed E-state index contributed by atoms with van der Waals surface area (Å²) in [6.45, 7) is 2.97. The molecule has 1 aliphatic carbocycles. The number of carbonyl (C=O) groups excluding carboxylic acids is 1. The van der Waals surface area contributed by atoms with E-state index in [2.05, 4.69) is 0 Å². The lowest BCUT2D eigenvalue weighted by Crippen LogP contribution is -2.50. The van der Waals surface area contributed by atoms with Crippen LogP contribution < -0.4 is 11.5 Å². The molecule has 0 aromatic heterocycles. The Morgan fingerprint density at radius 1 is 1.38 bits per heavy atom. The van der Waals surface area contributed by atoms with Crippen molar-refractivity contribution in [2.24, 2.45) is 17.4 Å². The third-order valence-electron chi connectivity index (χ3n) is 3.41. The molecule has 0 aromatic carbocycles. The van der Waals surface area contributed by atoms with Crippen LogP contribution in [0.3, 0.4) is 0 Å². The van der Waals surface area contributed by atoms with Gasteiger partial charge in [0.25, 0.3) is 0 Å². The van der Waals surface area contributed by atoms with Crippen molar-refractivity contribution < 1.29 is 9.53 Å². The molecule has 1 rings (SSSR count). The van der Waals surface area contributed by atoms with Gasteiger partial charge < -0.3 is 16.2 Å². The number of hydrogen-bond acceptors (Lipinski definition) is 3. The average Bonchev–Trinajstić information content (AvgIpc) is 2.26. The first-order valence-electron chi connectivity index (χ1n) is 6.19. The molecule has 0 radical (unpaired) electrons. The van der Waals surface area contributed by atoms with E-state index in [9.17, 15) is 4.79 Å². The highest BCUT2D eigenvalue weighted by Crippen LogP contribution is 2.23. The van der Waals surface area contributed by atoms with Crippen molar-refractivity contribution in [3.8, 4) is 0 Å². The molecule has 1 atom stereocenters. The Bertz CT molecular complexity index is 223. The predicted octanol–water partition coefficient (Wildman–Crippen LogP) is 1.18. The summed E-state index contributed by atoms with van der Waals surface area (Å²) in [6.07, 6.45) is 7.05. The van der Waals surface area contributed by atoms with Crippen molar-refractivity contribution in [3.05, 3.63) is 0 Å². The summed E-state index contributed by atoms with van der Waals surface area (Å²) in [4.78, 5) is 11.0. The standard InChI is InChI=1S/C12H24N2O2/c1-12(14,11(13)15)7-8-16-9-10-5-3-2-4-6-10/h10H,2-9,14H2,1H3,(H2,13,15). The van der Waals surface area contributed by atoms with Crippen LogP contribution in [0, 0.1) is 5.92 Å². The molecule has 0 aliphatic heterocycles. The first-order valence-corrected chi connectivity index (χ1v) is 6.19. The molecular weight excluding hydrogens is 204 g/mol. The van der Waals surface area contributed by atoms with E-state index in [1.165, 1.54) is 32.1 Å². The smallest absolute Gasteiger partial charge is 0.237 e. The van der Waals surface area contributed by atoms with Gasteiger partial charge in [-0.15, -0.1) is 0 Å². The first-order chi connectivity index (χ1) is 7.52. The molecule has 16 heavy (non-hydrogen) atoms. The fourth-order valence-electron chi connectivity index (χ4n) is 2.01. The normalized spacial score (nSPS) is 21.6. The second kappa shape index (κ2) is 6.21. The van der Waals surface area contributed by atoms with E-state index >= 15 is 0 Å². The van der Waals surface area contributed by atoms with E-state index in [1.54, 1.807) is 6.92 Å². The lowest BCUT2D eigenvalue weighted by atomic mass is 9.90. The van der Waals surface area contributed by atoms with Gasteiger partial charge in [0.1, 0.15) is 0 Å². The minimum Gasteiger partial charge on any atom is -0.381 e. The van der Waals surface area contributed by atoms with Crippen LogP contribution >= 0.6 is 0 Å². The van der Waals surface area contributed by atoms with Crippen molar-refractivity contribution in [2.45, 2.75) is 51.0 Å². The summed E-state index contributed by atoms with van der Waals surface area (Å²) in [5, 5.41) is 0. The number of carbonyl (C=O) groups is 1. The summed E-state index contributed by atoms with van der Waals surface area (Å²) in [5.74, 6) is 0.236. The summed E-state index contributed by atoms with van der Waals surface area (Å²) in [7, 11) is 0. The fourth-order valence-corrected chi connectivity index (χ4v) is 2.01. The fraction of sp³-hybridized carbons (Fsp3) is 0.917. The Morgan fingerprint density at radius 3 is 2.56 bits per heavy atom. The average molecular weight is 228 g/mol. The second-order valence-corrected chi connectivity index (χ2v) is 5.11. The van der Waals surface area contributed by atoms with Gasteiger partial charge in [-0.3, -0.25) is 4.79 Å². The Balaban J connectivity index is 2.09. The van der Waals surface area contributed by atoms with Crippen LogP contribution in [-0.4, -0.2) is 24.7 Å². The molecule has 1 aliphatic rings. The van der Waals surface area contributed by atoms with Crippen LogP contribution in [-0.2, 0) is 9.53 Å². The molecule has 4 heteroatoms. The summed E-state index contributed by atoms with van der Waals surface area (Å²) < 4.78 is 5.57. The maximum absolute atomic E-state index is 11.0. The zero-order valence-corrected chi connectivity index (χ0v) is 10.2. The number of ether oxygens (including phenoxy) is 1. The van der Waals surface area contributed by atoms with Crippen molar-refractivity contribution in [3.63, 3.8) is 0 Å². The topological polar surface area (TPSA) is 78.3 Å². The Labute approximate surface area is 97.7 Å². The number of primary amides is 1. The van der Waals surface area contributed by atoms with Gasteiger partial charge in [0, 0.05) is 13.2 Å². The highest BCUT2D eigenvalue weighted by Gasteiger charge is 2.25. The van der Waals surface area contributed by atoms with Gasteiger partial charge in [0.2, 0.25) is 5.91 Å². The van der Waals surface area contributed by atoms with E-state index in [1.807, 2.05) is 0 Å². The molecule has 0 heterocycles. The maximum Gasteiger partial charge on any atom is 0.237 e. The summed E-state index contributed by atoms with van der Waals surface area (Å²) in [6, 6.07) is 0. The Morgan fingerprint density at radius 2 is 2.00 bits per heavy atom. The molecule has 0 spiro atoms. The lowest BCUT2D eigenvalue weighted by Gasteiger charge is -2.23. The predicted molar refractivity (Wildman–Crippen MR) is 63.8 cm³/mol. The molecular formula is C12H24N2O2. The van der Waals surface area contributed by atoms with Gasteiger partial charge in [-0.1, -0.05) is 19.3 Å². The maximum atomic E-state index is 11.0.